The van der Waals surface area contributed by atoms with Crippen molar-refractivity contribution < 1.29 is 18.1 Å². The number of carbonyl (C=O) groups excluding carboxylic acids is 1. The summed E-state index contributed by atoms with van der Waals surface area (Å²) in [5, 5.41) is 13.4. The summed E-state index contributed by atoms with van der Waals surface area (Å²) in [4.78, 5) is 15.5. The predicted molar refractivity (Wildman–Crippen MR) is 74.7 cm³/mol. The number of carbonyl (C=O) groups is 1. The van der Waals surface area contributed by atoms with Gasteiger partial charge >= 0.3 is 6.43 Å². The van der Waals surface area contributed by atoms with Gasteiger partial charge in [-0.3, -0.25) is 4.79 Å². The van der Waals surface area contributed by atoms with Crippen LogP contribution in [0.4, 0.5) is 14.5 Å². The number of nitrogens with zero attached hydrogens (tertiary/aromatic N) is 4. The summed E-state index contributed by atoms with van der Waals surface area (Å²) in [6, 6.07) is 7.89. The molecule has 1 amide bonds. The van der Waals surface area contributed by atoms with Crippen molar-refractivity contribution in [1.29, 1.82) is 0 Å². The Bertz CT molecular complexity index is 806. The fraction of sp³-hybridized carbons (Fsp3) is 0.0714. The van der Waals surface area contributed by atoms with Crippen LogP contribution >= 0.6 is 0 Å². The van der Waals surface area contributed by atoms with Gasteiger partial charge in [0.15, 0.2) is 0 Å². The molecule has 0 radical (unpaired) electrons. The number of hydrogen-bond donors (Lipinski definition) is 1. The van der Waals surface area contributed by atoms with Gasteiger partial charge in [-0.2, -0.15) is 24.0 Å². The summed E-state index contributed by atoms with van der Waals surface area (Å²) >= 11 is 0. The van der Waals surface area contributed by atoms with Crippen molar-refractivity contribution in [2.24, 2.45) is 0 Å². The molecule has 0 aliphatic heterocycles. The fourth-order valence-electron chi connectivity index (χ4n) is 1.77. The van der Waals surface area contributed by atoms with Crippen LogP contribution in [0.3, 0.4) is 0 Å². The average molecular weight is 317 g/mol. The van der Waals surface area contributed by atoms with E-state index in [-0.39, 0.29) is 11.7 Å². The topological polar surface area (TPSA) is 93.8 Å². The second kappa shape index (κ2) is 6.26. The molecule has 116 valence electrons. The van der Waals surface area contributed by atoms with Crippen LogP contribution < -0.4 is 5.32 Å². The Balaban J connectivity index is 1.73. The SMILES string of the molecule is O=C(Nc1ccc(-c2noc(C(F)F)n2)cc1)c1ccnnc1. The van der Waals surface area contributed by atoms with Crippen LogP contribution in [0.15, 0.2) is 47.2 Å². The van der Waals surface area contributed by atoms with E-state index in [1.165, 1.54) is 18.5 Å². The number of benzene rings is 1. The summed E-state index contributed by atoms with van der Waals surface area (Å²) < 4.78 is 29.3. The lowest BCUT2D eigenvalue weighted by Crippen LogP contribution is -2.12. The standard InChI is InChI=1S/C14H9F2N5O2/c15-11(16)14-20-12(21-23-14)8-1-3-10(4-2-8)19-13(22)9-5-6-17-18-7-9/h1-7,11H,(H,19,22). The summed E-state index contributed by atoms with van der Waals surface area (Å²) in [6.07, 6.45) is -0.0622. The maximum absolute atomic E-state index is 12.4. The van der Waals surface area contributed by atoms with Crippen molar-refractivity contribution in [2.75, 3.05) is 5.32 Å². The molecule has 0 aliphatic carbocycles. The van der Waals surface area contributed by atoms with Gasteiger partial charge in [-0.1, -0.05) is 5.16 Å². The van der Waals surface area contributed by atoms with Gasteiger partial charge in [0.2, 0.25) is 5.82 Å². The van der Waals surface area contributed by atoms with Crippen molar-refractivity contribution in [3.05, 3.63) is 54.2 Å². The monoisotopic (exact) mass is 317 g/mol. The highest BCUT2D eigenvalue weighted by Crippen LogP contribution is 2.22. The highest BCUT2D eigenvalue weighted by atomic mass is 19.3. The van der Waals surface area contributed by atoms with Crippen molar-refractivity contribution in [3.8, 4) is 11.4 Å². The minimum Gasteiger partial charge on any atom is -0.333 e. The normalized spacial score (nSPS) is 10.7. The van der Waals surface area contributed by atoms with E-state index < -0.39 is 12.3 Å². The number of alkyl halides is 2. The third-order valence-electron chi connectivity index (χ3n) is 2.88. The van der Waals surface area contributed by atoms with Crippen LogP contribution in [0.2, 0.25) is 0 Å². The minimum atomic E-state index is -2.82. The van der Waals surface area contributed by atoms with Gasteiger partial charge in [0.25, 0.3) is 11.8 Å². The fourth-order valence-corrected chi connectivity index (χ4v) is 1.77. The molecule has 0 spiro atoms. The Morgan fingerprint density at radius 3 is 2.52 bits per heavy atom. The maximum Gasteiger partial charge on any atom is 0.315 e. The van der Waals surface area contributed by atoms with Crippen LogP contribution in [0.25, 0.3) is 11.4 Å². The molecule has 23 heavy (non-hydrogen) atoms. The van der Waals surface area contributed by atoms with E-state index in [1.54, 1.807) is 24.3 Å². The van der Waals surface area contributed by atoms with E-state index in [9.17, 15) is 13.6 Å². The molecule has 0 fully saturated rings. The summed E-state index contributed by atoms with van der Waals surface area (Å²) in [5.41, 5.74) is 1.38. The van der Waals surface area contributed by atoms with Crippen molar-refractivity contribution >= 4 is 11.6 Å². The van der Waals surface area contributed by atoms with Crippen LogP contribution in [0.1, 0.15) is 22.7 Å². The molecule has 0 aliphatic rings. The molecule has 2 aromatic heterocycles. The maximum atomic E-state index is 12.4. The number of aromatic nitrogens is 4. The Labute approximate surface area is 128 Å². The van der Waals surface area contributed by atoms with E-state index in [2.05, 4.69) is 30.2 Å². The second-order valence-corrected chi connectivity index (χ2v) is 4.42. The van der Waals surface area contributed by atoms with Crippen molar-refractivity contribution in [1.82, 2.24) is 20.3 Å². The molecule has 1 aromatic carbocycles. The zero-order chi connectivity index (χ0) is 16.2. The molecule has 9 heteroatoms. The number of hydrogen-bond acceptors (Lipinski definition) is 6. The van der Waals surface area contributed by atoms with Crippen LogP contribution in [-0.4, -0.2) is 26.2 Å². The smallest absolute Gasteiger partial charge is 0.315 e. The molecule has 0 atom stereocenters. The van der Waals surface area contributed by atoms with Gasteiger partial charge in [-0.25, -0.2) is 0 Å². The van der Waals surface area contributed by atoms with E-state index in [0.717, 1.165) is 0 Å². The van der Waals surface area contributed by atoms with Gasteiger partial charge in [0.05, 0.1) is 18.0 Å². The first kappa shape index (κ1) is 14.7. The van der Waals surface area contributed by atoms with E-state index in [0.29, 0.717) is 16.8 Å². The number of nitrogens with one attached hydrogen (secondary N) is 1. The summed E-state index contributed by atoms with van der Waals surface area (Å²) in [5.74, 6) is -1.02. The third kappa shape index (κ3) is 3.34. The first-order chi connectivity index (χ1) is 11.1. The average Bonchev–Trinajstić information content (AvgIpc) is 3.07. The largest absolute Gasteiger partial charge is 0.333 e. The van der Waals surface area contributed by atoms with Gasteiger partial charge < -0.3 is 9.84 Å². The van der Waals surface area contributed by atoms with E-state index in [1.807, 2.05) is 0 Å². The highest BCUT2D eigenvalue weighted by Gasteiger charge is 2.17. The molecule has 0 saturated carbocycles. The molecule has 2 heterocycles. The van der Waals surface area contributed by atoms with Gasteiger partial charge in [0.1, 0.15) is 0 Å². The molecule has 3 aromatic rings. The predicted octanol–water partition coefficient (Wildman–Crippen LogP) is 2.72. The van der Waals surface area contributed by atoms with Crippen LogP contribution in [0.5, 0.6) is 0 Å². The van der Waals surface area contributed by atoms with E-state index in [4.69, 9.17) is 0 Å². The van der Waals surface area contributed by atoms with Gasteiger partial charge in [-0.05, 0) is 30.3 Å². The molecular formula is C14H9F2N5O2. The number of anilines is 1. The minimum absolute atomic E-state index is 0.0523. The summed E-state index contributed by atoms with van der Waals surface area (Å²) in [6.45, 7) is 0. The third-order valence-corrected chi connectivity index (χ3v) is 2.88. The molecule has 0 saturated heterocycles. The molecular weight excluding hydrogens is 308 g/mol. The lowest BCUT2D eigenvalue weighted by molar-refractivity contribution is 0.102. The van der Waals surface area contributed by atoms with Crippen LogP contribution in [0, 0.1) is 0 Å². The summed E-state index contributed by atoms with van der Waals surface area (Å²) in [7, 11) is 0. The quantitative estimate of drug-likeness (QED) is 0.795. The first-order valence-electron chi connectivity index (χ1n) is 6.44. The Morgan fingerprint density at radius 2 is 1.91 bits per heavy atom. The number of halogens is 2. The Hall–Kier alpha value is -3.23. The molecule has 0 bridgehead atoms. The zero-order valence-corrected chi connectivity index (χ0v) is 11.5. The highest BCUT2D eigenvalue weighted by molar-refractivity contribution is 6.04. The zero-order valence-electron chi connectivity index (χ0n) is 11.5. The number of rotatable bonds is 4. The molecule has 1 N–H and O–H groups in total. The lowest BCUT2D eigenvalue weighted by Gasteiger charge is -2.05. The second-order valence-electron chi connectivity index (χ2n) is 4.42. The first-order valence-corrected chi connectivity index (χ1v) is 6.44. The molecule has 0 unspecified atom stereocenters. The van der Waals surface area contributed by atoms with Crippen molar-refractivity contribution in [2.45, 2.75) is 6.43 Å². The van der Waals surface area contributed by atoms with E-state index >= 15 is 0 Å². The van der Waals surface area contributed by atoms with Gasteiger partial charge in [-0.15, -0.1) is 0 Å². The number of amides is 1. The Kier molecular flexibility index (Phi) is 4.00. The Morgan fingerprint density at radius 1 is 1.13 bits per heavy atom. The van der Waals surface area contributed by atoms with Gasteiger partial charge in [0, 0.05) is 11.3 Å². The lowest BCUT2D eigenvalue weighted by atomic mass is 10.2. The van der Waals surface area contributed by atoms with Crippen LogP contribution in [-0.2, 0) is 0 Å². The molecule has 3 rings (SSSR count). The van der Waals surface area contributed by atoms with Crippen molar-refractivity contribution in [3.63, 3.8) is 0 Å². The molecule has 7 nitrogen and oxygen atoms in total.